The van der Waals surface area contributed by atoms with E-state index in [1.54, 1.807) is 18.2 Å². The number of allylic oxidation sites excluding steroid dienone is 1. The molecule has 1 aromatic heterocycles. The Morgan fingerprint density at radius 2 is 2.16 bits per heavy atom. The van der Waals surface area contributed by atoms with E-state index >= 15 is 0 Å². The molecule has 0 bridgehead atoms. The summed E-state index contributed by atoms with van der Waals surface area (Å²) in [5, 5.41) is 5.47. The topological polar surface area (TPSA) is 71.1 Å². The second kappa shape index (κ2) is 6.13. The average molecular weight is 259 g/mol. The van der Waals surface area contributed by atoms with Gasteiger partial charge in [-0.15, -0.1) is 6.58 Å². The van der Waals surface area contributed by atoms with Crippen LogP contribution in [0.1, 0.15) is 25.7 Å². The number of carbonyl (C=O) groups is 2. The first-order chi connectivity index (χ1) is 9.19. The molecule has 0 unspecified atom stereocenters. The lowest BCUT2D eigenvalue weighted by molar-refractivity contribution is -0.117. The molecular weight excluding hydrogens is 242 g/mol. The van der Waals surface area contributed by atoms with Crippen LogP contribution < -0.4 is 10.6 Å². The Morgan fingerprint density at radius 3 is 2.74 bits per heavy atom. The van der Waals surface area contributed by atoms with E-state index in [-0.39, 0.29) is 17.7 Å². The zero-order chi connectivity index (χ0) is 13.7. The summed E-state index contributed by atoms with van der Waals surface area (Å²) >= 11 is 0. The second-order valence-corrected chi connectivity index (χ2v) is 4.57. The monoisotopic (exact) mass is 259 g/mol. The summed E-state index contributed by atoms with van der Waals surface area (Å²) in [5.74, 6) is 0.618. The van der Waals surface area contributed by atoms with Crippen LogP contribution in [0.3, 0.4) is 0 Å². The Hall–Kier alpha value is -2.17. The number of amides is 2. The number of carbonyl (C=O) groups excluding carboxylic acids is 2. The molecule has 2 rings (SSSR count). The van der Waals surface area contributed by atoms with Crippen LogP contribution in [0, 0.1) is 5.92 Å². The Balaban J connectivity index is 1.85. The highest BCUT2D eigenvalue weighted by atomic mass is 16.2. The molecule has 0 atom stereocenters. The molecule has 1 aliphatic rings. The Bertz CT molecular complexity index is 478. The number of hydrogen-bond acceptors (Lipinski definition) is 3. The molecule has 5 heteroatoms. The fourth-order valence-electron chi connectivity index (χ4n) is 1.57. The van der Waals surface area contributed by atoms with Crippen molar-refractivity contribution in [3.8, 4) is 0 Å². The van der Waals surface area contributed by atoms with Gasteiger partial charge in [0.2, 0.25) is 11.8 Å². The van der Waals surface area contributed by atoms with Crippen molar-refractivity contribution in [2.75, 3.05) is 10.6 Å². The molecule has 0 radical (unpaired) electrons. The Labute approximate surface area is 112 Å². The summed E-state index contributed by atoms with van der Waals surface area (Å²) in [6.45, 7) is 3.57. The van der Waals surface area contributed by atoms with E-state index in [4.69, 9.17) is 0 Å². The summed E-state index contributed by atoms with van der Waals surface area (Å²) in [6, 6.07) is 3.41. The van der Waals surface area contributed by atoms with Crippen molar-refractivity contribution >= 4 is 23.3 Å². The molecule has 19 heavy (non-hydrogen) atoms. The minimum Gasteiger partial charge on any atom is -0.325 e. The van der Waals surface area contributed by atoms with Gasteiger partial charge < -0.3 is 10.6 Å². The van der Waals surface area contributed by atoms with Crippen molar-refractivity contribution in [2.45, 2.75) is 25.7 Å². The van der Waals surface area contributed by atoms with Crippen LogP contribution in [-0.2, 0) is 9.59 Å². The van der Waals surface area contributed by atoms with Gasteiger partial charge in [-0.25, -0.2) is 4.98 Å². The zero-order valence-corrected chi connectivity index (χ0v) is 10.7. The van der Waals surface area contributed by atoms with Gasteiger partial charge in [-0.1, -0.05) is 6.08 Å². The van der Waals surface area contributed by atoms with Gasteiger partial charge in [0.05, 0.1) is 11.9 Å². The van der Waals surface area contributed by atoms with Crippen LogP contribution >= 0.6 is 0 Å². The first-order valence-electron chi connectivity index (χ1n) is 6.36. The minimum absolute atomic E-state index is 0.0234. The van der Waals surface area contributed by atoms with E-state index in [9.17, 15) is 9.59 Å². The molecule has 2 N–H and O–H groups in total. The molecule has 1 saturated carbocycles. The minimum atomic E-state index is -0.0727. The Kier molecular flexibility index (Phi) is 4.28. The lowest BCUT2D eigenvalue weighted by Crippen LogP contribution is -2.15. The fraction of sp³-hybridized carbons (Fsp3) is 0.357. The molecule has 1 fully saturated rings. The van der Waals surface area contributed by atoms with Crippen LogP contribution in [0.2, 0.25) is 0 Å². The molecule has 1 heterocycles. The predicted octanol–water partition coefficient (Wildman–Crippen LogP) is 2.33. The number of pyridine rings is 1. The summed E-state index contributed by atoms with van der Waals surface area (Å²) in [4.78, 5) is 27.1. The van der Waals surface area contributed by atoms with E-state index in [0.717, 1.165) is 12.8 Å². The molecule has 100 valence electrons. The molecular formula is C14H17N3O2. The van der Waals surface area contributed by atoms with Gasteiger partial charge in [0.25, 0.3) is 0 Å². The van der Waals surface area contributed by atoms with Crippen molar-refractivity contribution in [1.82, 2.24) is 4.98 Å². The number of nitrogens with one attached hydrogen (secondary N) is 2. The zero-order valence-electron chi connectivity index (χ0n) is 10.7. The van der Waals surface area contributed by atoms with Crippen LogP contribution in [0.25, 0.3) is 0 Å². The van der Waals surface area contributed by atoms with Crippen molar-refractivity contribution < 1.29 is 9.59 Å². The molecule has 0 spiro atoms. The molecule has 0 saturated heterocycles. The lowest BCUT2D eigenvalue weighted by Gasteiger charge is -2.06. The fourth-order valence-corrected chi connectivity index (χ4v) is 1.57. The van der Waals surface area contributed by atoms with Crippen molar-refractivity contribution in [1.29, 1.82) is 0 Å². The highest BCUT2D eigenvalue weighted by Gasteiger charge is 2.29. The van der Waals surface area contributed by atoms with Crippen LogP contribution in [0.15, 0.2) is 31.0 Å². The standard InChI is InChI=1S/C14H17N3O2/c1-2-3-4-13(18)16-11-7-8-12(15-9-11)17-14(19)10-5-6-10/h2,7-10H,1,3-6H2,(H,16,18)(H,15,17,19). The third-order valence-corrected chi connectivity index (χ3v) is 2.82. The van der Waals surface area contributed by atoms with Gasteiger partial charge in [-0.05, 0) is 31.4 Å². The van der Waals surface area contributed by atoms with Gasteiger partial charge in [0.15, 0.2) is 0 Å². The van der Waals surface area contributed by atoms with Crippen LogP contribution in [0.4, 0.5) is 11.5 Å². The number of hydrogen-bond donors (Lipinski definition) is 2. The smallest absolute Gasteiger partial charge is 0.228 e. The highest BCUT2D eigenvalue weighted by molar-refractivity contribution is 5.94. The van der Waals surface area contributed by atoms with Crippen molar-refractivity contribution in [2.24, 2.45) is 5.92 Å². The molecule has 1 aliphatic carbocycles. The maximum absolute atomic E-state index is 11.5. The lowest BCUT2D eigenvalue weighted by atomic mass is 10.3. The maximum atomic E-state index is 11.5. The number of nitrogens with zero attached hydrogens (tertiary/aromatic N) is 1. The van der Waals surface area contributed by atoms with E-state index in [0.29, 0.717) is 24.3 Å². The average Bonchev–Trinajstić information content (AvgIpc) is 3.23. The van der Waals surface area contributed by atoms with Gasteiger partial charge in [0.1, 0.15) is 5.82 Å². The van der Waals surface area contributed by atoms with Crippen molar-refractivity contribution in [3.05, 3.63) is 31.0 Å². The van der Waals surface area contributed by atoms with Gasteiger partial charge in [0, 0.05) is 12.3 Å². The predicted molar refractivity (Wildman–Crippen MR) is 73.7 cm³/mol. The third-order valence-electron chi connectivity index (χ3n) is 2.82. The van der Waals surface area contributed by atoms with Crippen LogP contribution in [0.5, 0.6) is 0 Å². The van der Waals surface area contributed by atoms with E-state index in [1.807, 2.05) is 0 Å². The summed E-state index contributed by atoms with van der Waals surface area (Å²) in [5.41, 5.74) is 0.624. The molecule has 5 nitrogen and oxygen atoms in total. The quantitative estimate of drug-likeness (QED) is 0.770. The first-order valence-corrected chi connectivity index (χ1v) is 6.36. The first kappa shape index (κ1) is 13.3. The van der Waals surface area contributed by atoms with Gasteiger partial charge in [-0.2, -0.15) is 0 Å². The Morgan fingerprint density at radius 1 is 1.37 bits per heavy atom. The SMILES string of the molecule is C=CCCC(=O)Nc1ccc(NC(=O)C2CC2)nc1. The van der Waals surface area contributed by atoms with E-state index in [2.05, 4.69) is 22.2 Å². The molecule has 1 aromatic rings. The summed E-state index contributed by atoms with van der Waals surface area (Å²) in [7, 11) is 0. The van der Waals surface area contributed by atoms with Crippen molar-refractivity contribution in [3.63, 3.8) is 0 Å². The largest absolute Gasteiger partial charge is 0.325 e. The van der Waals surface area contributed by atoms with E-state index in [1.165, 1.54) is 6.20 Å². The summed E-state index contributed by atoms with van der Waals surface area (Å²) < 4.78 is 0. The van der Waals surface area contributed by atoms with Gasteiger partial charge >= 0.3 is 0 Å². The normalized spacial score (nSPS) is 13.7. The second-order valence-electron chi connectivity index (χ2n) is 4.57. The highest BCUT2D eigenvalue weighted by Crippen LogP contribution is 2.29. The molecule has 0 aromatic carbocycles. The number of aromatic nitrogens is 1. The van der Waals surface area contributed by atoms with Crippen LogP contribution in [-0.4, -0.2) is 16.8 Å². The molecule has 2 amide bonds. The van der Waals surface area contributed by atoms with Gasteiger partial charge in [-0.3, -0.25) is 9.59 Å². The third kappa shape index (κ3) is 4.21. The summed E-state index contributed by atoms with van der Waals surface area (Å²) in [6.07, 6.45) is 6.22. The number of anilines is 2. The maximum Gasteiger partial charge on any atom is 0.228 e. The molecule has 0 aliphatic heterocycles. The van der Waals surface area contributed by atoms with E-state index < -0.39 is 0 Å². The number of rotatable bonds is 6.